The SMILES string of the molecule is CC(NCc1ccccc1F)c1nccn1C. The largest absolute Gasteiger partial charge is 0.337 e. The van der Waals surface area contributed by atoms with E-state index < -0.39 is 0 Å². The number of aryl methyl sites for hydroxylation is 1. The second-order valence-electron chi connectivity index (χ2n) is 4.09. The van der Waals surface area contributed by atoms with Gasteiger partial charge in [-0.25, -0.2) is 9.37 Å². The summed E-state index contributed by atoms with van der Waals surface area (Å²) >= 11 is 0. The minimum absolute atomic E-state index is 0.0922. The van der Waals surface area contributed by atoms with E-state index in [1.54, 1.807) is 18.3 Å². The van der Waals surface area contributed by atoms with Gasteiger partial charge in [0.1, 0.15) is 11.6 Å². The highest BCUT2D eigenvalue weighted by Gasteiger charge is 2.10. The normalized spacial score (nSPS) is 12.6. The molecule has 0 aliphatic heterocycles. The second-order valence-corrected chi connectivity index (χ2v) is 4.09. The van der Waals surface area contributed by atoms with Crippen molar-refractivity contribution in [2.45, 2.75) is 19.5 Å². The smallest absolute Gasteiger partial charge is 0.127 e. The Hall–Kier alpha value is -1.68. The molecule has 0 aliphatic carbocycles. The predicted octanol–water partition coefficient (Wildman–Crippen LogP) is 2.41. The van der Waals surface area contributed by atoms with E-state index in [0.29, 0.717) is 12.1 Å². The standard InChI is InChI=1S/C13H16FN3/c1-10(13-15-7-8-17(13)2)16-9-11-5-3-4-6-12(11)14/h3-8,10,16H,9H2,1-2H3. The Labute approximate surface area is 100 Å². The molecule has 0 bridgehead atoms. The van der Waals surface area contributed by atoms with E-state index in [9.17, 15) is 4.39 Å². The van der Waals surface area contributed by atoms with E-state index in [0.717, 1.165) is 5.82 Å². The molecule has 0 aliphatic rings. The third-order valence-electron chi connectivity index (χ3n) is 2.80. The number of aromatic nitrogens is 2. The fraction of sp³-hybridized carbons (Fsp3) is 0.308. The van der Waals surface area contributed by atoms with Gasteiger partial charge in [-0.1, -0.05) is 18.2 Å². The van der Waals surface area contributed by atoms with Gasteiger partial charge in [0.25, 0.3) is 0 Å². The number of halogens is 1. The van der Waals surface area contributed by atoms with Crippen LogP contribution in [0.4, 0.5) is 4.39 Å². The number of rotatable bonds is 4. The van der Waals surface area contributed by atoms with Crippen molar-refractivity contribution in [3.63, 3.8) is 0 Å². The van der Waals surface area contributed by atoms with Crippen LogP contribution < -0.4 is 5.32 Å². The van der Waals surface area contributed by atoms with Crippen LogP contribution in [0.1, 0.15) is 24.4 Å². The molecule has 1 aromatic heterocycles. The molecular weight excluding hydrogens is 217 g/mol. The number of benzene rings is 1. The molecule has 1 atom stereocenters. The van der Waals surface area contributed by atoms with Crippen molar-refractivity contribution >= 4 is 0 Å². The third-order valence-corrected chi connectivity index (χ3v) is 2.80. The maximum Gasteiger partial charge on any atom is 0.127 e. The van der Waals surface area contributed by atoms with E-state index in [4.69, 9.17) is 0 Å². The van der Waals surface area contributed by atoms with Crippen LogP contribution in [0.3, 0.4) is 0 Å². The highest BCUT2D eigenvalue weighted by atomic mass is 19.1. The summed E-state index contributed by atoms with van der Waals surface area (Å²) in [6.07, 6.45) is 3.66. The molecule has 17 heavy (non-hydrogen) atoms. The van der Waals surface area contributed by atoms with Crippen LogP contribution in [0.25, 0.3) is 0 Å². The third kappa shape index (κ3) is 2.71. The molecule has 0 saturated carbocycles. The molecule has 4 heteroatoms. The topological polar surface area (TPSA) is 29.9 Å². The molecule has 1 heterocycles. The van der Waals surface area contributed by atoms with Gasteiger partial charge in [0.05, 0.1) is 6.04 Å². The summed E-state index contributed by atoms with van der Waals surface area (Å²) in [5.41, 5.74) is 0.675. The van der Waals surface area contributed by atoms with Crippen LogP contribution in [-0.2, 0) is 13.6 Å². The predicted molar refractivity (Wildman–Crippen MR) is 64.9 cm³/mol. The quantitative estimate of drug-likeness (QED) is 0.878. The van der Waals surface area contributed by atoms with Gasteiger partial charge in [-0.05, 0) is 13.0 Å². The summed E-state index contributed by atoms with van der Waals surface area (Å²) in [6, 6.07) is 6.89. The summed E-state index contributed by atoms with van der Waals surface area (Å²) in [7, 11) is 1.95. The fourth-order valence-corrected chi connectivity index (χ4v) is 1.79. The molecule has 90 valence electrons. The highest BCUT2D eigenvalue weighted by Crippen LogP contribution is 2.11. The molecule has 1 unspecified atom stereocenters. The lowest BCUT2D eigenvalue weighted by Crippen LogP contribution is -2.21. The number of hydrogen-bond acceptors (Lipinski definition) is 2. The van der Waals surface area contributed by atoms with Crippen molar-refractivity contribution in [1.29, 1.82) is 0 Å². The zero-order valence-electron chi connectivity index (χ0n) is 10.0. The van der Waals surface area contributed by atoms with Crippen molar-refractivity contribution in [2.24, 2.45) is 7.05 Å². The van der Waals surface area contributed by atoms with Gasteiger partial charge < -0.3 is 9.88 Å². The molecule has 2 rings (SSSR count). The molecule has 1 N–H and O–H groups in total. The molecule has 0 radical (unpaired) electrons. The lowest BCUT2D eigenvalue weighted by atomic mass is 10.2. The first-order valence-corrected chi connectivity index (χ1v) is 5.62. The maximum atomic E-state index is 13.4. The molecule has 1 aromatic carbocycles. The second kappa shape index (κ2) is 5.10. The van der Waals surface area contributed by atoms with Crippen molar-refractivity contribution in [3.8, 4) is 0 Å². The Balaban J connectivity index is 2.00. The minimum Gasteiger partial charge on any atom is -0.337 e. The van der Waals surface area contributed by atoms with Gasteiger partial charge in [0.15, 0.2) is 0 Å². The van der Waals surface area contributed by atoms with E-state index >= 15 is 0 Å². The molecule has 0 spiro atoms. The van der Waals surface area contributed by atoms with Crippen molar-refractivity contribution < 1.29 is 4.39 Å². The Morgan fingerprint density at radius 2 is 2.18 bits per heavy atom. The Bertz CT molecular complexity index is 493. The number of nitrogens with zero attached hydrogens (tertiary/aromatic N) is 2. The Kier molecular flexibility index (Phi) is 3.54. The van der Waals surface area contributed by atoms with Gasteiger partial charge in [-0.2, -0.15) is 0 Å². The zero-order chi connectivity index (χ0) is 12.3. The first-order chi connectivity index (χ1) is 8.18. The van der Waals surface area contributed by atoms with Gasteiger partial charge in [-0.3, -0.25) is 0 Å². The van der Waals surface area contributed by atoms with Crippen LogP contribution in [0.5, 0.6) is 0 Å². The van der Waals surface area contributed by atoms with Crippen LogP contribution >= 0.6 is 0 Å². The number of hydrogen-bond donors (Lipinski definition) is 1. The van der Waals surface area contributed by atoms with Gasteiger partial charge >= 0.3 is 0 Å². The summed E-state index contributed by atoms with van der Waals surface area (Å²) in [4.78, 5) is 4.26. The van der Waals surface area contributed by atoms with E-state index in [1.165, 1.54) is 6.07 Å². The van der Waals surface area contributed by atoms with Crippen molar-refractivity contribution in [1.82, 2.24) is 14.9 Å². The Morgan fingerprint density at radius 1 is 1.41 bits per heavy atom. The molecular formula is C13H16FN3. The molecule has 0 amide bonds. The van der Waals surface area contributed by atoms with Crippen LogP contribution in [0, 0.1) is 5.82 Å². The van der Waals surface area contributed by atoms with Crippen LogP contribution in [-0.4, -0.2) is 9.55 Å². The number of imidazole rings is 1. The molecule has 3 nitrogen and oxygen atoms in total. The van der Waals surface area contributed by atoms with Crippen molar-refractivity contribution in [3.05, 3.63) is 53.9 Å². The van der Waals surface area contributed by atoms with Crippen LogP contribution in [0.15, 0.2) is 36.7 Å². The highest BCUT2D eigenvalue weighted by molar-refractivity contribution is 5.17. The summed E-state index contributed by atoms with van der Waals surface area (Å²) in [5.74, 6) is 0.772. The monoisotopic (exact) mass is 233 g/mol. The summed E-state index contributed by atoms with van der Waals surface area (Å²) in [6.45, 7) is 2.52. The summed E-state index contributed by atoms with van der Waals surface area (Å²) < 4.78 is 15.4. The van der Waals surface area contributed by atoms with Gasteiger partial charge in [-0.15, -0.1) is 0 Å². The number of nitrogens with one attached hydrogen (secondary N) is 1. The first-order valence-electron chi connectivity index (χ1n) is 5.62. The Morgan fingerprint density at radius 3 is 2.82 bits per heavy atom. The van der Waals surface area contributed by atoms with Gasteiger partial charge in [0.2, 0.25) is 0 Å². The van der Waals surface area contributed by atoms with Gasteiger partial charge in [0, 0.05) is 31.5 Å². The molecule has 0 fully saturated rings. The van der Waals surface area contributed by atoms with E-state index in [-0.39, 0.29) is 11.9 Å². The lowest BCUT2D eigenvalue weighted by Gasteiger charge is -2.14. The van der Waals surface area contributed by atoms with Crippen molar-refractivity contribution in [2.75, 3.05) is 0 Å². The molecule has 2 aromatic rings. The fourth-order valence-electron chi connectivity index (χ4n) is 1.79. The lowest BCUT2D eigenvalue weighted by molar-refractivity contribution is 0.514. The average Bonchev–Trinajstić information content (AvgIpc) is 2.74. The molecule has 0 saturated heterocycles. The van der Waals surface area contributed by atoms with E-state index in [2.05, 4.69) is 10.3 Å². The van der Waals surface area contributed by atoms with Crippen LogP contribution in [0.2, 0.25) is 0 Å². The average molecular weight is 233 g/mol. The zero-order valence-corrected chi connectivity index (χ0v) is 10.0. The van der Waals surface area contributed by atoms with E-state index in [1.807, 2.05) is 30.8 Å². The summed E-state index contributed by atoms with van der Waals surface area (Å²) in [5, 5.41) is 3.26. The first kappa shape index (κ1) is 11.8. The maximum absolute atomic E-state index is 13.4. The minimum atomic E-state index is -0.174.